The van der Waals surface area contributed by atoms with Gasteiger partial charge in [-0.25, -0.2) is 4.99 Å². The molecule has 0 aromatic carbocycles. The highest BCUT2D eigenvalue weighted by atomic mass is 15.1. The summed E-state index contributed by atoms with van der Waals surface area (Å²) in [7, 11) is 3.89. The van der Waals surface area contributed by atoms with Gasteiger partial charge in [-0.15, -0.1) is 0 Å². The molecule has 0 aliphatic rings. The van der Waals surface area contributed by atoms with Gasteiger partial charge in [-0.2, -0.15) is 0 Å². The summed E-state index contributed by atoms with van der Waals surface area (Å²) in [5.41, 5.74) is 1.22. The van der Waals surface area contributed by atoms with Crippen LogP contribution in [0.2, 0.25) is 0 Å². The minimum absolute atomic E-state index is 1.22. The van der Waals surface area contributed by atoms with E-state index in [1.807, 2.05) is 52.9 Å². The quantitative estimate of drug-likeness (QED) is 0.443. The Hall–Kier alpha value is -0.790. The van der Waals surface area contributed by atoms with Crippen LogP contribution in [-0.2, 0) is 0 Å². The predicted molar refractivity (Wildman–Crippen MR) is 53.0 cm³/mol. The van der Waals surface area contributed by atoms with Crippen molar-refractivity contribution in [1.82, 2.24) is 4.90 Å². The van der Waals surface area contributed by atoms with Gasteiger partial charge >= 0.3 is 0 Å². The van der Waals surface area contributed by atoms with Gasteiger partial charge in [0.25, 0.3) is 0 Å². The standard InChI is InChI=1S/C7H14N2.C2H6/c1-7(2)5-8-6-9(3)4;1-2/h5-6H,1-4H3;1-2H3. The van der Waals surface area contributed by atoms with Gasteiger partial charge in [0.05, 0.1) is 6.34 Å². The molecular formula is C9H20N2. The molecule has 0 fully saturated rings. The van der Waals surface area contributed by atoms with Crippen LogP contribution in [0.15, 0.2) is 16.8 Å². The van der Waals surface area contributed by atoms with Gasteiger partial charge in [0, 0.05) is 20.3 Å². The van der Waals surface area contributed by atoms with Crippen LogP contribution >= 0.6 is 0 Å². The van der Waals surface area contributed by atoms with E-state index in [-0.39, 0.29) is 0 Å². The molecule has 0 atom stereocenters. The van der Waals surface area contributed by atoms with E-state index < -0.39 is 0 Å². The summed E-state index contributed by atoms with van der Waals surface area (Å²) in [6.45, 7) is 8.04. The molecule has 0 heterocycles. The Labute approximate surface area is 70.6 Å². The summed E-state index contributed by atoms with van der Waals surface area (Å²) in [6, 6.07) is 0. The van der Waals surface area contributed by atoms with E-state index in [9.17, 15) is 0 Å². The molecule has 0 amide bonds. The Morgan fingerprint density at radius 1 is 1.18 bits per heavy atom. The van der Waals surface area contributed by atoms with Gasteiger partial charge in [-0.1, -0.05) is 19.4 Å². The minimum Gasteiger partial charge on any atom is -0.369 e. The first-order chi connectivity index (χ1) is 5.13. The van der Waals surface area contributed by atoms with Crippen LogP contribution in [0.25, 0.3) is 0 Å². The lowest BCUT2D eigenvalue weighted by atomic mass is 10.4. The van der Waals surface area contributed by atoms with Crippen LogP contribution in [-0.4, -0.2) is 25.3 Å². The second kappa shape index (κ2) is 9.21. The van der Waals surface area contributed by atoms with E-state index in [0.717, 1.165) is 0 Å². The fourth-order valence-electron chi connectivity index (χ4n) is 0.316. The lowest BCUT2D eigenvalue weighted by molar-refractivity contribution is 0.643. The summed E-state index contributed by atoms with van der Waals surface area (Å²) < 4.78 is 0. The third kappa shape index (κ3) is 17.6. The first kappa shape index (κ1) is 12.8. The SMILES string of the molecule is CC.CC(C)=CN=CN(C)C. The summed E-state index contributed by atoms with van der Waals surface area (Å²) in [4.78, 5) is 5.91. The number of hydrogen-bond acceptors (Lipinski definition) is 1. The fourth-order valence-corrected chi connectivity index (χ4v) is 0.316. The lowest BCUT2D eigenvalue weighted by Gasteiger charge is -1.99. The van der Waals surface area contributed by atoms with Crippen LogP contribution in [0, 0.1) is 0 Å². The Balaban J connectivity index is 0. The van der Waals surface area contributed by atoms with Crippen LogP contribution < -0.4 is 0 Å². The molecule has 0 aromatic rings. The molecule has 2 heteroatoms. The van der Waals surface area contributed by atoms with Gasteiger partial charge in [0.15, 0.2) is 0 Å². The molecule has 0 N–H and O–H groups in total. The van der Waals surface area contributed by atoms with Crippen LogP contribution in [0.1, 0.15) is 27.7 Å². The van der Waals surface area contributed by atoms with Gasteiger partial charge in [0.1, 0.15) is 0 Å². The van der Waals surface area contributed by atoms with Crippen molar-refractivity contribution in [3.05, 3.63) is 11.8 Å². The maximum atomic E-state index is 4.01. The molecule has 0 rings (SSSR count). The van der Waals surface area contributed by atoms with Crippen molar-refractivity contribution in [2.75, 3.05) is 14.1 Å². The van der Waals surface area contributed by atoms with Crippen molar-refractivity contribution in [1.29, 1.82) is 0 Å². The topological polar surface area (TPSA) is 15.6 Å². The van der Waals surface area contributed by atoms with Crippen molar-refractivity contribution in [3.8, 4) is 0 Å². The van der Waals surface area contributed by atoms with E-state index in [4.69, 9.17) is 0 Å². The van der Waals surface area contributed by atoms with E-state index in [1.165, 1.54) is 5.57 Å². The van der Waals surface area contributed by atoms with Crippen molar-refractivity contribution in [3.63, 3.8) is 0 Å². The second-order valence-corrected chi connectivity index (χ2v) is 2.43. The molecule has 66 valence electrons. The molecule has 0 spiro atoms. The molecule has 0 aliphatic carbocycles. The number of hydrogen-bond donors (Lipinski definition) is 0. The molecule has 0 unspecified atom stereocenters. The molecule has 0 saturated carbocycles. The van der Waals surface area contributed by atoms with Crippen LogP contribution in [0.5, 0.6) is 0 Å². The minimum atomic E-state index is 1.22. The highest BCUT2D eigenvalue weighted by Gasteiger charge is 1.73. The van der Waals surface area contributed by atoms with Gasteiger partial charge in [-0.05, 0) is 13.8 Å². The largest absolute Gasteiger partial charge is 0.369 e. The summed E-state index contributed by atoms with van der Waals surface area (Å²) in [5.74, 6) is 0. The zero-order chi connectivity index (χ0) is 9.28. The number of allylic oxidation sites excluding steroid dienone is 1. The highest BCUT2D eigenvalue weighted by Crippen LogP contribution is 1.86. The zero-order valence-electron chi connectivity index (χ0n) is 8.55. The number of rotatable bonds is 2. The Kier molecular flexibility index (Phi) is 10.8. The maximum Gasteiger partial charge on any atom is 0.0899 e. The first-order valence-corrected chi connectivity index (χ1v) is 3.96. The van der Waals surface area contributed by atoms with E-state index in [0.29, 0.717) is 0 Å². The summed E-state index contributed by atoms with van der Waals surface area (Å²) in [6.07, 6.45) is 3.60. The molecule has 0 aromatic heterocycles. The lowest BCUT2D eigenvalue weighted by Crippen LogP contribution is -2.06. The van der Waals surface area contributed by atoms with Crippen molar-refractivity contribution < 1.29 is 0 Å². The van der Waals surface area contributed by atoms with E-state index in [2.05, 4.69) is 4.99 Å². The number of nitrogens with zero attached hydrogens (tertiary/aromatic N) is 2. The molecule has 2 nitrogen and oxygen atoms in total. The van der Waals surface area contributed by atoms with Crippen molar-refractivity contribution >= 4 is 6.34 Å². The molecular weight excluding hydrogens is 136 g/mol. The van der Waals surface area contributed by atoms with E-state index in [1.54, 1.807) is 6.34 Å². The van der Waals surface area contributed by atoms with Gasteiger partial charge < -0.3 is 4.90 Å². The average Bonchev–Trinajstić information content (AvgIpc) is 1.90. The summed E-state index contributed by atoms with van der Waals surface area (Å²) >= 11 is 0. The molecule has 0 saturated heterocycles. The van der Waals surface area contributed by atoms with Crippen molar-refractivity contribution in [2.24, 2.45) is 4.99 Å². The van der Waals surface area contributed by atoms with Crippen LogP contribution in [0.3, 0.4) is 0 Å². The average molecular weight is 156 g/mol. The molecule has 11 heavy (non-hydrogen) atoms. The highest BCUT2D eigenvalue weighted by molar-refractivity contribution is 5.54. The predicted octanol–water partition coefficient (Wildman–Crippen LogP) is 2.53. The monoisotopic (exact) mass is 156 g/mol. The third-order valence-electron chi connectivity index (χ3n) is 0.630. The third-order valence-corrected chi connectivity index (χ3v) is 0.630. The normalized spacial score (nSPS) is 8.55. The Bertz CT molecular complexity index is 120. The Morgan fingerprint density at radius 3 is 1.91 bits per heavy atom. The zero-order valence-corrected chi connectivity index (χ0v) is 8.55. The maximum absolute atomic E-state index is 4.01. The molecule has 0 bridgehead atoms. The Morgan fingerprint density at radius 2 is 1.64 bits per heavy atom. The van der Waals surface area contributed by atoms with Gasteiger partial charge in [0.2, 0.25) is 0 Å². The fraction of sp³-hybridized carbons (Fsp3) is 0.667. The van der Waals surface area contributed by atoms with Gasteiger partial charge in [-0.3, -0.25) is 0 Å². The van der Waals surface area contributed by atoms with E-state index >= 15 is 0 Å². The molecule has 0 aliphatic heterocycles. The second-order valence-electron chi connectivity index (χ2n) is 2.43. The smallest absolute Gasteiger partial charge is 0.0899 e. The summed E-state index contributed by atoms with van der Waals surface area (Å²) in [5, 5.41) is 0. The van der Waals surface area contributed by atoms with Crippen LogP contribution in [0.4, 0.5) is 0 Å². The number of aliphatic imine (C=N–C) groups is 1. The first-order valence-electron chi connectivity index (χ1n) is 3.96. The molecule has 0 radical (unpaired) electrons. The van der Waals surface area contributed by atoms with Crippen molar-refractivity contribution in [2.45, 2.75) is 27.7 Å².